The van der Waals surface area contributed by atoms with Crippen LogP contribution in [-0.2, 0) is 17.6 Å². The van der Waals surface area contributed by atoms with Crippen molar-refractivity contribution in [1.82, 2.24) is 4.98 Å². The topological polar surface area (TPSA) is 56.0 Å². The Morgan fingerprint density at radius 3 is 3.00 bits per heavy atom. The second-order valence-electron chi connectivity index (χ2n) is 2.23. The van der Waals surface area contributed by atoms with Gasteiger partial charge in [0.15, 0.2) is 0 Å². The standard InChI is InChI=1S/C7H10N2OS/c1-2-7-9-5(4-11-7)3-6(8)10/h4H,2-3H2,1H3,(H2,8,10). The van der Waals surface area contributed by atoms with E-state index >= 15 is 0 Å². The largest absolute Gasteiger partial charge is 0.369 e. The Bertz CT molecular complexity index is 257. The van der Waals surface area contributed by atoms with E-state index in [0.717, 1.165) is 17.1 Å². The fourth-order valence-electron chi connectivity index (χ4n) is 0.771. The Balaban J connectivity index is 2.65. The lowest BCUT2D eigenvalue weighted by atomic mass is 10.3. The molecule has 1 aromatic heterocycles. The van der Waals surface area contributed by atoms with Crippen molar-refractivity contribution in [2.75, 3.05) is 0 Å². The molecule has 1 rings (SSSR count). The Hall–Kier alpha value is -0.900. The van der Waals surface area contributed by atoms with Crippen molar-refractivity contribution in [3.05, 3.63) is 16.1 Å². The van der Waals surface area contributed by atoms with Gasteiger partial charge < -0.3 is 5.73 Å². The summed E-state index contributed by atoms with van der Waals surface area (Å²) in [4.78, 5) is 14.6. The maximum Gasteiger partial charge on any atom is 0.223 e. The minimum atomic E-state index is -0.321. The zero-order valence-corrected chi connectivity index (χ0v) is 7.15. The summed E-state index contributed by atoms with van der Waals surface area (Å²) in [5, 5.41) is 2.94. The van der Waals surface area contributed by atoms with E-state index in [1.165, 1.54) is 0 Å². The van der Waals surface area contributed by atoms with Gasteiger partial charge in [0, 0.05) is 5.38 Å². The van der Waals surface area contributed by atoms with E-state index in [4.69, 9.17) is 5.73 Å². The van der Waals surface area contributed by atoms with Crippen LogP contribution in [0.1, 0.15) is 17.6 Å². The number of hydrogen-bond acceptors (Lipinski definition) is 3. The van der Waals surface area contributed by atoms with Crippen molar-refractivity contribution in [2.24, 2.45) is 5.73 Å². The summed E-state index contributed by atoms with van der Waals surface area (Å²) in [5.41, 5.74) is 5.79. The lowest BCUT2D eigenvalue weighted by molar-refractivity contribution is -0.117. The normalized spacial score (nSPS) is 9.91. The molecule has 0 aromatic carbocycles. The summed E-state index contributed by atoms with van der Waals surface area (Å²) >= 11 is 1.57. The molecule has 1 heterocycles. The number of primary amides is 1. The fourth-order valence-corrected chi connectivity index (χ4v) is 1.52. The van der Waals surface area contributed by atoms with Gasteiger partial charge in [-0.2, -0.15) is 0 Å². The summed E-state index contributed by atoms with van der Waals surface area (Å²) in [6.45, 7) is 2.03. The minimum Gasteiger partial charge on any atom is -0.369 e. The van der Waals surface area contributed by atoms with Crippen LogP contribution in [0.2, 0.25) is 0 Å². The molecule has 0 saturated heterocycles. The number of thiazole rings is 1. The fraction of sp³-hybridized carbons (Fsp3) is 0.429. The van der Waals surface area contributed by atoms with Crippen molar-refractivity contribution >= 4 is 17.2 Å². The number of rotatable bonds is 3. The van der Waals surface area contributed by atoms with Gasteiger partial charge in [0.1, 0.15) is 0 Å². The van der Waals surface area contributed by atoms with Crippen molar-refractivity contribution < 1.29 is 4.79 Å². The number of nitrogens with zero attached hydrogens (tertiary/aromatic N) is 1. The van der Waals surface area contributed by atoms with Crippen molar-refractivity contribution in [1.29, 1.82) is 0 Å². The SMILES string of the molecule is CCc1nc(CC(N)=O)cs1. The van der Waals surface area contributed by atoms with E-state index in [-0.39, 0.29) is 12.3 Å². The summed E-state index contributed by atoms with van der Waals surface area (Å²) in [7, 11) is 0. The predicted molar refractivity (Wildman–Crippen MR) is 44.4 cm³/mol. The maximum absolute atomic E-state index is 10.5. The number of carbonyl (C=O) groups is 1. The highest BCUT2D eigenvalue weighted by Crippen LogP contribution is 2.09. The van der Waals surface area contributed by atoms with Crippen LogP contribution in [0, 0.1) is 0 Å². The quantitative estimate of drug-likeness (QED) is 0.727. The van der Waals surface area contributed by atoms with Gasteiger partial charge in [-0.15, -0.1) is 11.3 Å². The number of nitrogens with two attached hydrogens (primary N) is 1. The summed E-state index contributed by atoms with van der Waals surface area (Å²) in [6.07, 6.45) is 1.18. The van der Waals surface area contributed by atoms with Crippen LogP contribution in [0.15, 0.2) is 5.38 Å². The van der Waals surface area contributed by atoms with Gasteiger partial charge in [0.05, 0.1) is 17.1 Å². The Morgan fingerprint density at radius 2 is 2.55 bits per heavy atom. The second kappa shape index (κ2) is 3.48. The van der Waals surface area contributed by atoms with Crippen molar-refractivity contribution in [2.45, 2.75) is 19.8 Å². The van der Waals surface area contributed by atoms with Gasteiger partial charge in [0.25, 0.3) is 0 Å². The van der Waals surface area contributed by atoms with Gasteiger partial charge in [-0.1, -0.05) is 6.92 Å². The van der Waals surface area contributed by atoms with Crippen LogP contribution in [0.3, 0.4) is 0 Å². The molecule has 0 aliphatic rings. The molecule has 0 radical (unpaired) electrons. The Kier molecular flexibility index (Phi) is 2.59. The maximum atomic E-state index is 10.5. The molecule has 0 saturated carbocycles. The molecule has 0 bridgehead atoms. The first kappa shape index (κ1) is 8.20. The molecule has 0 fully saturated rings. The molecule has 60 valence electrons. The molecule has 1 aromatic rings. The number of aromatic nitrogens is 1. The average molecular weight is 170 g/mol. The van der Waals surface area contributed by atoms with Gasteiger partial charge in [-0.3, -0.25) is 4.79 Å². The van der Waals surface area contributed by atoms with E-state index in [0.29, 0.717) is 0 Å². The van der Waals surface area contributed by atoms with Crippen LogP contribution in [0.5, 0.6) is 0 Å². The molecule has 11 heavy (non-hydrogen) atoms. The van der Waals surface area contributed by atoms with E-state index in [1.54, 1.807) is 11.3 Å². The number of amides is 1. The molecule has 3 nitrogen and oxygen atoms in total. The van der Waals surface area contributed by atoms with Crippen LogP contribution in [0.4, 0.5) is 0 Å². The molecule has 2 N–H and O–H groups in total. The van der Waals surface area contributed by atoms with Gasteiger partial charge in [0.2, 0.25) is 5.91 Å². The number of aryl methyl sites for hydroxylation is 1. The molecule has 0 atom stereocenters. The number of hydrogen-bond donors (Lipinski definition) is 1. The van der Waals surface area contributed by atoms with Gasteiger partial charge in [-0.05, 0) is 6.42 Å². The molecular formula is C7H10N2OS. The molecule has 0 unspecified atom stereocenters. The Labute approximate surface area is 69.3 Å². The van der Waals surface area contributed by atoms with Crippen LogP contribution in [-0.4, -0.2) is 10.9 Å². The van der Waals surface area contributed by atoms with Crippen LogP contribution in [0.25, 0.3) is 0 Å². The average Bonchev–Trinajstić information content (AvgIpc) is 2.34. The molecule has 0 aliphatic carbocycles. The van der Waals surface area contributed by atoms with Gasteiger partial charge in [-0.25, -0.2) is 4.98 Å². The first-order valence-electron chi connectivity index (χ1n) is 3.44. The van der Waals surface area contributed by atoms with Crippen LogP contribution >= 0.6 is 11.3 Å². The molecule has 0 spiro atoms. The highest BCUT2D eigenvalue weighted by molar-refractivity contribution is 7.09. The highest BCUT2D eigenvalue weighted by Gasteiger charge is 2.02. The van der Waals surface area contributed by atoms with E-state index < -0.39 is 0 Å². The van der Waals surface area contributed by atoms with E-state index in [1.807, 2.05) is 12.3 Å². The zero-order valence-electron chi connectivity index (χ0n) is 6.33. The summed E-state index contributed by atoms with van der Waals surface area (Å²) in [6, 6.07) is 0. The second-order valence-corrected chi connectivity index (χ2v) is 3.17. The molecular weight excluding hydrogens is 160 g/mol. The third-order valence-corrected chi connectivity index (χ3v) is 2.30. The Morgan fingerprint density at radius 1 is 1.82 bits per heavy atom. The highest BCUT2D eigenvalue weighted by atomic mass is 32.1. The summed E-state index contributed by atoms with van der Waals surface area (Å²) < 4.78 is 0. The van der Waals surface area contributed by atoms with Crippen molar-refractivity contribution in [3.8, 4) is 0 Å². The smallest absolute Gasteiger partial charge is 0.223 e. The lowest BCUT2D eigenvalue weighted by Gasteiger charge is -1.87. The minimum absolute atomic E-state index is 0.260. The first-order valence-corrected chi connectivity index (χ1v) is 4.32. The summed E-state index contributed by atoms with van der Waals surface area (Å²) in [5.74, 6) is -0.321. The van der Waals surface area contributed by atoms with E-state index in [9.17, 15) is 4.79 Å². The van der Waals surface area contributed by atoms with Crippen LogP contribution < -0.4 is 5.73 Å². The van der Waals surface area contributed by atoms with Gasteiger partial charge >= 0.3 is 0 Å². The van der Waals surface area contributed by atoms with E-state index in [2.05, 4.69) is 4.98 Å². The molecule has 4 heteroatoms. The first-order chi connectivity index (χ1) is 5.22. The monoisotopic (exact) mass is 170 g/mol. The third-order valence-electron chi connectivity index (χ3n) is 1.26. The number of carbonyl (C=O) groups excluding carboxylic acids is 1. The van der Waals surface area contributed by atoms with Crippen molar-refractivity contribution in [3.63, 3.8) is 0 Å². The lowest BCUT2D eigenvalue weighted by Crippen LogP contribution is -2.13. The third kappa shape index (κ3) is 2.31. The zero-order chi connectivity index (χ0) is 8.27. The molecule has 1 amide bonds. The predicted octanol–water partition coefficient (Wildman–Crippen LogP) is 0.733. The molecule has 0 aliphatic heterocycles.